The summed E-state index contributed by atoms with van der Waals surface area (Å²) in [4.78, 5) is 6.77. The average molecular weight is 305 g/mol. The van der Waals surface area contributed by atoms with E-state index in [0.717, 1.165) is 68.8 Å². The molecule has 22 heavy (non-hydrogen) atoms. The maximum atomic E-state index is 5.88. The van der Waals surface area contributed by atoms with Gasteiger partial charge in [-0.15, -0.1) is 0 Å². The van der Waals surface area contributed by atoms with Crippen LogP contribution in [0.2, 0.25) is 0 Å². The first-order valence-corrected chi connectivity index (χ1v) is 7.76. The highest BCUT2D eigenvalue weighted by atomic mass is 16.5. The van der Waals surface area contributed by atoms with Crippen molar-refractivity contribution >= 4 is 5.84 Å². The number of ether oxygens (including phenoxy) is 3. The van der Waals surface area contributed by atoms with E-state index in [9.17, 15) is 0 Å². The zero-order chi connectivity index (χ0) is 15.2. The van der Waals surface area contributed by atoms with Crippen molar-refractivity contribution in [2.75, 3.05) is 59.7 Å². The van der Waals surface area contributed by atoms with Gasteiger partial charge in [-0.05, 0) is 18.2 Å². The molecule has 0 unspecified atom stereocenters. The van der Waals surface area contributed by atoms with Crippen LogP contribution in [0.25, 0.3) is 0 Å². The Labute approximate surface area is 131 Å². The van der Waals surface area contributed by atoms with Gasteiger partial charge in [0.25, 0.3) is 0 Å². The second kappa shape index (κ2) is 7.47. The minimum Gasteiger partial charge on any atom is -0.493 e. The quantitative estimate of drug-likeness (QED) is 0.841. The van der Waals surface area contributed by atoms with Crippen molar-refractivity contribution in [3.63, 3.8) is 0 Å². The summed E-state index contributed by atoms with van der Waals surface area (Å²) < 4.78 is 16.7. The smallest absolute Gasteiger partial charge is 0.161 e. The molecule has 3 rings (SSSR count). The van der Waals surface area contributed by atoms with Crippen LogP contribution in [0.3, 0.4) is 0 Å². The van der Waals surface area contributed by atoms with Crippen LogP contribution in [0, 0.1) is 0 Å². The van der Waals surface area contributed by atoms with Crippen molar-refractivity contribution in [2.45, 2.75) is 0 Å². The molecule has 120 valence electrons. The average Bonchev–Trinajstić information content (AvgIpc) is 3.10. The number of hydrogen-bond acceptors (Lipinski definition) is 6. The van der Waals surface area contributed by atoms with Crippen molar-refractivity contribution in [2.24, 2.45) is 4.99 Å². The Balaban J connectivity index is 1.58. The molecule has 6 heteroatoms. The molecule has 0 bridgehead atoms. The molecule has 0 spiro atoms. The summed E-state index contributed by atoms with van der Waals surface area (Å²) in [6, 6.07) is 5.95. The molecule has 1 fully saturated rings. The molecule has 0 aliphatic carbocycles. The van der Waals surface area contributed by atoms with E-state index in [0.29, 0.717) is 6.61 Å². The van der Waals surface area contributed by atoms with Gasteiger partial charge in [0.15, 0.2) is 11.5 Å². The van der Waals surface area contributed by atoms with Gasteiger partial charge in [-0.3, -0.25) is 9.89 Å². The molecule has 2 heterocycles. The zero-order valence-corrected chi connectivity index (χ0v) is 13.0. The summed E-state index contributed by atoms with van der Waals surface area (Å²) in [5, 5.41) is 3.26. The number of rotatable bonds is 6. The lowest BCUT2D eigenvalue weighted by Gasteiger charge is -2.26. The van der Waals surface area contributed by atoms with Gasteiger partial charge in [0.05, 0.1) is 26.9 Å². The number of morpholine rings is 1. The topological polar surface area (TPSA) is 55.3 Å². The largest absolute Gasteiger partial charge is 0.493 e. The number of aliphatic imine (C=N–C) groups is 1. The van der Waals surface area contributed by atoms with Gasteiger partial charge >= 0.3 is 0 Å². The molecule has 2 aliphatic heterocycles. The Morgan fingerprint density at radius 3 is 2.86 bits per heavy atom. The summed E-state index contributed by atoms with van der Waals surface area (Å²) in [7, 11) is 1.66. The first-order chi connectivity index (χ1) is 10.9. The van der Waals surface area contributed by atoms with Gasteiger partial charge in [-0.2, -0.15) is 0 Å². The van der Waals surface area contributed by atoms with Crippen LogP contribution in [0.1, 0.15) is 5.56 Å². The lowest BCUT2D eigenvalue weighted by molar-refractivity contribution is 0.0321. The van der Waals surface area contributed by atoms with Crippen molar-refractivity contribution in [1.29, 1.82) is 0 Å². The van der Waals surface area contributed by atoms with Gasteiger partial charge in [-0.1, -0.05) is 0 Å². The number of nitrogens with zero attached hydrogens (tertiary/aromatic N) is 2. The van der Waals surface area contributed by atoms with Gasteiger partial charge in [0, 0.05) is 31.7 Å². The van der Waals surface area contributed by atoms with Crippen molar-refractivity contribution < 1.29 is 14.2 Å². The minimum atomic E-state index is 0.648. The molecule has 1 saturated heterocycles. The zero-order valence-electron chi connectivity index (χ0n) is 13.0. The molecule has 2 aliphatic rings. The number of methoxy groups -OCH3 is 1. The molecular formula is C16H23N3O3. The molecule has 0 aromatic heterocycles. The highest BCUT2D eigenvalue weighted by Gasteiger charge is 2.13. The molecule has 1 aromatic rings. The molecule has 0 amide bonds. The van der Waals surface area contributed by atoms with Crippen LogP contribution >= 0.6 is 0 Å². The summed E-state index contributed by atoms with van der Waals surface area (Å²) in [5.41, 5.74) is 1.04. The minimum absolute atomic E-state index is 0.648. The SMILES string of the molecule is COc1cc(C2=NCCN2)ccc1OCCN1CCOCC1. The third-order valence-electron chi connectivity index (χ3n) is 3.88. The molecule has 0 saturated carbocycles. The normalized spacial score (nSPS) is 18.7. The summed E-state index contributed by atoms with van der Waals surface area (Å²) in [6.07, 6.45) is 0. The molecule has 0 atom stereocenters. The van der Waals surface area contributed by atoms with E-state index in [1.165, 1.54) is 0 Å². The highest BCUT2D eigenvalue weighted by Crippen LogP contribution is 2.28. The van der Waals surface area contributed by atoms with Gasteiger partial charge in [0.1, 0.15) is 12.4 Å². The molecule has 0 radical (unpaired) electrons. The number of nitrogens with one attached hydrogen (secondary N) is 1. The molecule has 6 nitrogen and oxygen atoms in total. The summed E-state index contributed by atoms with van der Waals surface area (Å²) >= 11 is 0. The van der Waals surface area contributed by atoms with Crippen molar-refractivity contribution in [3.05, 3.63) is 23.8 Å². The summed E-state index contributed by atoms with van der Waals surface area (Å²) in [5.74, 6) is 2.45. The Morgan fingerprint density at radius 1 is 1.27 bits per heavy atom. The number of benzene rings is 1. The summed E-state index contributed by atoms with van der Waals surface area (Å²) in [6.45, 7) is 6.86. The molecule has 1 N–H and O–H groups in total. The van der Waals surface area contributed by atoms with E-state index in [2.05, 4.69) is 15.2 Å². The Bertz CT molecular complexity index is 527. The predicted molar refractivity (Wildman–Crippen MR) is 85.2 cm³/mol. The highest BCUT2D eigenvalue weighted by molar-refractivity contribution is 6.00. The van der Waals surface area contributed by atoms with E-state index in [4.69, 9.17) is 14.2 Å². The van der Waals surface area contributed by atoms with Crippen molar-refractivity contribution in [1.82, 2.24) is 10.2 Å². The first kappa shape index (κ1) is 15.1. The van der Waals surface area contributed by atoms with E-state index in [-0.39, 0.29) is 0 Å². The third kappa shape index (κ3) is 3.69. The van der Waals surface area contributed by atoms with E-state index in [1.807, 2.05) is 18.2 Å². The second-order valence-corrected chi connectivity index (χ2v) is 5.33. The maximum Gasteiger partial charge on any atom is 0.161 e. The standard InChI is InChI=1S/C16H23N3O3/c1-20-15-12-13(16-17-4-5-18-16)2-3-14(15)22-11-8-19-6-9-21-10-7-19/h2-3,12H,4-11H2,1H3,(H,17,18). The lowest BCUT2D eigenvalue weighted by Crippen LogP contribution is -2.38. The van der Waals surface area contributed by atoms with Crippen molar-refractivity contribution in [3.8, 4) is 11.5 Å². The molecule has 1 aromatic carbocycles. The Hall–Kier alpha value is -1.79. The first-order valence-electron chi connectivity index (χ1n) is 7.76. The number of hydrogen-bond donors (Lipinski definition) is 1. The second-order valence-electron chi connectivity index (χ2n) is 5.33. The molecular weight excluding hydrogens is 282 g/mol. The van der Waals surface area contributed by atoms with E-state index in [1.54, 1.807) is 7.11 Å². The fourth-order valence-electron chi connectivity index (χ4n) is 2.63. The monoisotopic (exact) mass is 305 g/mol. The maximum absolute atomic E-state index is 5.88. The fourth-order valence-corrected chi connectivity index (χ4v) is 2.63. The van der Waals surface area contributed by atoms with Crippen LogP contribution in [-0.4, -0.2) is 70.4 Å². The van der Waals surface area contributed by atoms with Crippen LogP contribution < -0.4 is 14.8 Å². The van der Waals surface area contributed by atoms with Gasteiger partial charge in [-0.25, -0.2) is 0 Å². The fraction of sp³-hybridized carbons (Fsp3) is 0.562. The lowest BCUT2D eigenvalue weighted by atomic mass is 10.2. The van der Waals surface area contributed by atoms with Crippen LogP contribution in [-0.2, 0) is 4.74 Å². The number of amidine groups is 1. The van der Waals surface area contributed by atoms with Crippen LogP contribution in [0.4, 0.5) is 0 Å². The Morgan fingerprint density at radius 2 is 2.14 bits per heavy atom. The van der Waals surface area contributed by atoms with E-state index < -0.39 is 0 Å². The predicted octanol–water partition coefficient (Wildman–Crippen LogP) is 0.756. The van der Waals surface area contributed by atoms with Crippen LogP contribution in [0.15, 0.2) is 23.2 Å². The van der Waals surface area contributed by atoms with Crippen LogP contribution in [0.5, 0.6) is 11.5 Å². The van der Waals surface area contributed by atoms with Gasteiger partial charge in [0.2, 0.25) is 0 Å². The Kier molecular flexibility index (Phi) is 5.13. The van der Waals surface area contributed by atoms with Gasteiger partial charge < -0.3 is 19.5 Å². The third-order valence-corrected chi connectivity index (χ3v) is 3.88. The van der Waals surface area contributed by atoms with E-state index >= 15 is 0 Å².